The first-order valence-electron chi connectivity index (χ1n) is 8.70. The monoisotopic (exact) mass is 430 g/mol. The van der Waals surface area contributed by atoms with Gasteiger partial charge in [-0.15, -0.1) is 0 Å². The number of aromatic hydroxyl groups is 1. The standard InChI is InChI=1S/C24H15BrO3/c25-18-13-11-17(12-14-18)19(15-10-16-6-2-1-3-7-16)22-23(26)20-8-4-5-9-21(20)28-24(22)27/h1-9,11-14,19,26H. The first-order valence-corrected chi connectivity index (χ1v) is 9.49. The highest BCUT2D eigenvalue weighted by molar-refractivity contribution is 9.10. The molecule has 0 aliphatic carbocycles. The molecule has 0 aliphatic heterocycles. The Morgan fingerprint density at radius 3 is 2.32 bits per heavy atom. The molecular formula is C24H15BrO3. The Hall–Kier alpha value is -3.29. The number of hydrogen-bond donors (Lipinski definition) is 1. The van der Waals surface area contributed by atoms with Gasteiger partial charge in [0.1, 0.15) is 11.3 Å². The zero-order chi connectivity index (χ0) is 19.5. The molecule has 0 fully saturated rings. The van der Waals surface area contributed by atoms with Crippen LogP contribution >= 0.6 is 15.9 Å². The van der Waals surface area contributed by atoms with Crippen LogP contribution in [0.4, 0.5) is 0 Å². The van der Waals surface area contributed by atoms with Crippen LogP contribution in [0.5, 0.6) is 5.75 Å². The lowest BCUT2D eigenvalue weighted by atomic mass is 9.91. The largest absolute Gasteiger partial charge is 0.507 e. The topological polar surface area (TPSA) is 50.4 Å². The van der Waals surface area contributed by atoms with Crippen molar-refractivity contribution >= 4 is 26.9 Å². The quantitative estimate of drug-likeness (QED) is 0.340. The second-order valence-electron chi connectivity index (χ2n) is 6.27. The van der Waals surface area contributed by atoms with Crippen molar-refractivity contribution in [2.75, 3.05) is 0 Å². The third-order valence-corrected chi connectivity index (χ3v) is 4.98. The molecule has 3 nitrogen and oxygen atoms in total. The van der Waals surface area contributed by atoms with E-state index < -0.39 is 11.5 Å². The summed E-state index contributed by atoms with van der Waals surface area (Å²) >= 11 is 3.42. The van der Waals surface area contributed by atoms with Gasteiger partial charge in [-0.3, -0.25) is 0 Å². The van der Waals surface area contributed by atoms with Crippen molar-refractivity contribution in [1.29, 1.82) is 0 Å². The molecule has 0 saturated heterocycles. The predicted octanol–water partition coefficient (Wildman–Crippen LogP) is 5.44. The summed E-state index contributed by atoms with van der Waals surface area (Å²) in [5.74, 6) is 5.53. The van der Waals surface area contributed by atoms with Gasteiger partial charge in [-0.1, -0.05) is 70.2 Å². The summed E-state index contributed by atoms with van der Waals surface area (Å²) in [6.45, 7) is 0. The van der Waals surface area contributed by atoms with Gasteiger partial charge in [0, 0.05) is 10.0 Å². The van der Waals surface area contributed by atoms with E-state index in [2.05, 4.69) is 27.8 Å². The average Bonchev–Trinajstić information content (AvgIpc) is 2.72. The molecule has 1 aromatic heterocycles. The molecule has 4 rings (SSSR count). The van der Waals surface area contributed by atoms with Crippen molar-refractivity contribution in [1.82, 2.24) is 0 Å². The van der Waals surface area contributed by atoms with Gasteiger partial charge >= 0.3 is 5.63 Å². The van der Waals surface area contributed by atoms with Gasteiger partial charge < -0.3 is 9.52 Å². The first-order chi connectivity index (χ1) is 13.6. The van der Waals surface area contributed by atoms with Crippen LogP contribution in [-0.4, -0.2) is 5.11 Å². The highest BCUT2D eigenvalue weighted by atomic mass is 79.9. The molecule has 0 bridgehead atoms. The summed E-state index contributed by atoms with van der Waals surface area (Å²) in [6.07, 6.45) is 0. The SMILES string of the molecule is O=c1oc2ccccc2c(O)c1C(C#Cc1ccccc1)c1ccc(Br)cc1. The summed E-state index contributed by atoms with van der Waals surface area (Å²) in [5.41, 5.74) is 1.52. The average molecular weight is 431 g/mol. The Balaban J connectivity index is 1.94. The highest BCUT2D eigenvalue weighted by Crippen LogP contribution is 2.34. The lowest BCUT2D eigenvalue weighted by Gasteiger charge is -2.13. The van der Waals surface area contributed by atoms with Crippen molar-refractivity contribution in [2.24, 2.45) is 0 Å². The molecule has 4 aromatic rings. The smallest absolute Gasteiger partial charge is 0.344 e. The Bertz CT molecular complexity index is 1250. The van der Waals surface area contributed by atoms with Gasteiger partial charge in [0.15, 0.2) is 0 Å². The van der Waals surface area contributed by atoms with Crippen LogP contribution in [0, 0.1) is 11.8 Å². The second-order valence-corrected chi connectivity index (χ2v) is 7.18. The summed E-state index contributed by atoms with van der Waals surface area (Å²) in [7, 11) is 0. The van der Waals surface area contributed by atoms with Gasteiger partial charge in [-0.05, 0) is 42.0 Å². The fourth-order valence-corrected chi connectivity index (χ4v) is 3.32. The molecule has 1 heterocycles. The van der Waals surface area contributed by atoms with Crippen LogP contribution < -0.4 is 5.63 Å². The third-order valence-electron chi connectivity index (χ3n) is 4.45. The van der Waals surface area contributed by atoms with E-state index in [0.29, 0.717) is 11.0 Å². The molecular weight excluding hydrogens is 416 g/mol. The van der Waals surface area contributed by atoms with Gasteiger partial charge in [-0.2, -0.15) is 0 Å². The predicted molar refractivity (Wildman–Crippen MR) is 113 cm³/mol. The number of benzene rings is 3. The molecule has 136 valence electrons. The lowest BCUT2D eigenvalue weighted by molar-refractivity contribution is 0.456. The maximum atomic E-state index is 12.7. The molecule has 1 N–H and O–H groups in total. The maximum Gasteiger partial charge on any atom is 0.344 e. The fourth-order valence-electron chi connectivity index (χ4n) is 3.06. The fraction of sp³-hybridized carbons (Fsp3) is 0.0417. The number of fused-ring (bicyclic) bond motifs is 1. The number of hydrogen-bond acceptors (Lipinski definition) is 3. The van der Waals surface area contributed by atoms with Gasteiger partial charge in [0.05, 0.1) is 16.9 Å². The molecule has 1 unspecified atom stereocenters. The Morgan fingerprint density at radius 1 is 0.893 bits per heavy atom. The van der Waals surface area contributed by atoms with Crippen molar-refractivity contribution in [2.45, 2.75) is 5.92 Å². The van der Waals surface area contributed by atoms with E-state index in [1.54, 1.807) is 24.3 Å². The lowest BCUT2D eigenvalue weighted by Crippen LogP contribution is -2.13. The van der Waals surface area contributed by atoms with Crippen molar-refractivity contribution in [3.8, 4) is 17.6 Å². The minimum Gasteiger partial charge on any atom is -0.507 e. The molecule has 1 atom stereocenters. The normalized spacial score (nSPS) is 11.6. The number of rotatable bonds is 2. The molecule has 0 saturated carbocycles. The van der Waals surface area contributed by atoms with Gasteiger partial charge in [0.2, 0.25) is 0 Å². The van der Waals surface area contributed by atoms with Crippen molar-refractivity contribution in [3.63, 3.8) is 0 Å². The van der Waals surface area contributed by atoms with Crippen LogP contribution in [0.15, 0.2) is 92.5 Å². The van der Waals surface area contributed by atoms with Crippen LogP contribution in [-0.2, 0) is 0 Å². The molecule has 0 aliphatic rings. The maximum absolute atomic E-state index is 12.7. The van der Waals surface area contributed by atoms with E-state index in [1.165, 1.54) is 0 Å². The van der Waals surface area contributed by atoms with E-state index in [1.807, 2.05) is 54.6 Å². The highest BCUT2D eigenvalue weighted by Gasteiger charge is 2.23. The first kappa shape index (κ1) is 18.1. The zero-order valence-electron chi connectivity index (χ0n) is 14.7. The Morgan fingerprint density at radius 2 is 1.57 bits per heavy atom. The summed E-state index contributed by atoms with van der Waals surface area (Å²) in [6, 6.07) is 24.0. The second kappa shape index (κ2) is 7.75. The van der Waals surface area contributed by atoms with Crippen LogP contribution in [0.2, 0.25) is 0 Å². The molecule has 0 spiro atoms. The minimum absolute atomic E-state index is 0.0952. The van der Waals surface area contributed by atoms with E-state index in [-0.39, 0.29) is 11.3 Å². The Labute approximate surface area is 170 Å². The third kappa shape index (κ3) is 3.58. The van der Waals surface area contributed by atoms with Gasteiger partial charge in [-0.25, -0.2) is 4.79 Å². The van der Waals surface area contributed by atoms with E-state index >= 15 is 0 Å². The zero-order valence-corrected chi connectivity index (χ0v) is 16.3. The molecule has 0 radical (unpaired) electrons. The number of para-hydroxylation sites is 1. The van der Waals surface area contributed by atoms with Crippen LogP contribution in [0.25, 0.3) is 11.0 Å². The van der Waals surface area contributed by atoms with E-state index in [0.717, 1.165) is 15.6 Å². The Kier molecular flexibility index (Phi) is 5.01. The van der Waals surface area contributed by atoms with Gasteiger partial charge in [0.25, 0.3) is 0 Å². The molecule has 0 amide bonds. The summed E-state index contributed by atoms with van der Waals surface area (Å²) < 4.78 is 6.38. The number of halogens is 1. The van der Waals surface area contributed by atoms with Crippen LogP contribution in [0.3, 0.4) is 0 Å². The summed E-state index contributed by atoms with van der Waals surface area (Å²) in [5, 5.41) is 11.4. The minimum atomic E-state index is -0.630. The van der Waals surface area contributed by atoms with E-state index in [4.69, 9.17) is 4.42 Å². The molecule has 3 aromatic carbocycles. The van der Waals surface area contributed by atoms with Crippen molar-refractivity contribution < 1.29 is 9.52 Å². The summed E-state index contributed by atoms with van der Waals surface area (Å²) in [4.78, 5) is 12.7. The van der Waals surface area contributed by atoms with Crippen molar-refractivity contribution in [3.05, 3.63) is 110 Å². The van der Waals surface area contributed by atoms with Crippen LogP contribution in [0.1, 0.15) is 22.6 Å². The molecule has 4 heteroatoms. The van der Waals surface area contributed by atoms with E-state index in [9.17, 15) is 9.90 Å². The molecule has 28 heavy (non-hydrogen) atoms.